The molecule has 0 saturated carbocycles. The molecule has 0 atom stereocenters. The van der Waals surface area contributed by atoms with E-state index >= 15 is 0 Å². The fraction of sp³-hybridized carbons (Fsp3) is 0.312. The number of anilines is 2. The first-order valence-corrected chi connectivity index (χ1v) is 7.42. The Balaban J connectivity index is 2.23. The first-order chi connectivity index (χ1) is 10.6. The van der Waals surface area contributed by atoms with Crippen LogP contribution in [0.1, 0.15) is 37.0 Å². The number of carbonyl (C=O) groups excluding carboxylic acids is 1. The highest BCUT2D eigenvalue weighted by atomic mass is 35.5. The molecular formula is C16H18ClFN4O. The summed E-state index contributed by atoms with van der Waals surface area (Å²) in [5.41, 5.74) is 1.04. The Morgan fingerprint density at radius 1 is 1.22 bits per heavy atom. The van der Waals surface area contributed by atoms with Gasteiger partial charge in [0.05, 0.1) is 5.02 Å². The second-order valence-corrected chi connectivity index (χ2v) is 6.58. The molecule has 2 N–H and O–H groups in total. The molecule has 0 aliphatic rings. The van der Waals surface area contributed by atoms with E-state index in [0.717, 1.165) is 0 Å². The van der Waals surface area contributed by atoms with Gasteiger partial charge in [0.25, 0.3) is 5.91 Å². The minimum absolute atomic E-state index is 0.0586. The van der Waals surface area contributed by atoms with Gasteiger partial charge < -0.3 is 10.6 Å². The van der Waals surface area contributed by atoms with Gasteiger partial charge in [-0.1, -0.05) is 11.6 Å². The fourth-order valence-corrected chi connectivity index (χ4v) is 2.03. The van der Waals surface area contributed by atoms with Gasteiger partial charge in [-0.2, -0.15) is 0 Å². The van der Waals surface area contributed by atoms with E-state index in [1.165, 1.54) is 18.2 Å². The van der Waals surface area contributed by atoms with Crippen molar-refractivity contribution in [3.63, 3.8) is 0 Å². The number of aryl methyl sites for hydroxylation is 1. The summed E-state index contributed by atoms with van der Waals surface area (Å²) in [5, 5.41) is 5.70. The number of halogens is 2. The molecule has 0 radical (unpaired) electrons. The Morgan fingerprint density at radius 3 is 2.52 bits per heavy atom. The molecule has 23 heavy (non-hydrogen) atoms. The first kappa shape index (κ1) is 17.1. The molecular weight excluding hydrogens is 319 g/mol. The van der Waals surface area contributed by atoms with Crippen LogP contribution in [0.2, 0.25) is 5.02 Å². The highest BCUT2D eigenvalue weighted by Crippen LogP contribution is 2.20. The van der Waals surface area contributed by atoms with Crippen molar-refractivity contribution in [1.82, 2.24) is 9.97 Å². The van der Waals surface area contributed by atoms with Crippen LogP contribution in [0.4, 0.5) is 16.0 Å². The molecule has 5 nitrogen and oxygen atoms in total. The van der Waals surface area contributed by atoms with Crippen molar-refractivity contribution in [2.45, 2.75) is 33.2 Å². The zero-order chi connectivity index (χ0) is 17.2. The molecule has 0 aliphatic heterocycles. The van der Waals surface area contributed by atoms with Crippen LogP contribution in [0.5, 0.6) is 0 Å². The molecule has 0 aliphatic carbocycles. The third-order valence-electron chi connectivity index (χ3n) is 2.75. The summed E-state index contributed by atoms with van der Waals surface area (Å²) in [4.78, 5) is 20.8. The summed E-state index contributed by atoms with van der Waals surface area (Å²) < 4.78 is 13.1. The van der Waals surface area contributed by atoms with E-state index in [-0.39, 0.29) is 16.3 Å². The number of amides is 1. The third kappa shape index (κ3) is 4.89. The Hall–Kier alpha value is -2.21. The molecule has 7 heteroatoms. The molecule has 0 fully saturated rings. The van der Waals surface area contributed by atoms with E-state index in [2.05, 4.69) is 20.6 Å². The van der Waals surface area contributed by atoms with Crippen LogP contribution in [0.15, 0.2) is 24.3 Å². The standard InChI is InChI=1S/C16H18ClFN4O/c1-9-7-13(21-15(19-9)22-16(2,3)4)14(23)20-10-5-6-12(18)11(17)8-10/h5-8H,1-4H3,(H,20,23)(H,19,21,22). The van der Waals surface area contributed by atoms with Crippen molar-refractivity contribution < 1.29 is 9.18 Å². The fourth-order valence-electron chi connectivity index (χ4n) is 1.85. The Kier molecular flexibility index (Phi) is 4.85. The number of nitrogens with one attached hydrogen (secondary N) is 2. The summed E-state index contributed by atoms with van der Waals surface area (Å²) in [6, 6.07) is 5.54. The average molecular weight is 337 g/mol. The summed E-state index contributed by atoms with van der Waals surface area (Å²) in [6.45, 7) is 7.69. The van der Waals surface area contributed by atoms with Crippen molar-refractivity contribution >= 4 is 29.1 Å². The highest BCUT2D eigenvalue weighted by molar-refractivity contribution is 6.31. The van der Waals surface area contributed by atoms with Crippen LogP contribution < -0.4 is 10.6 Å². The van der Waals surface area contributed by atoms with Crippen LogP contribution in [0.3, 0.4) is 0 Å². The number of aromatic nitrogens is 2. The third-order valence-corrected chi connectivity index (χ3v) is 3.04. The largest absolute Gasteiger partial charge is 0.350 e. The smallest absolute Gasteiger partial charge is 0.274 e. The van der Waals surface area contributed by atoms with Gasteiger partial charge in [-0.3, -0.25) is 4.79 Å². The summed E-state index contributed by atoms with van der Waals surface area (Å²) in [6.07, 6.45) is 0. The topological polar surface area (TPSA) is 66.9 Å². The lowest BCUT2D eigenvalue weighted by atomic mass is 10.1. The van der Waals surface area contributed by atoms with Crippen molar-refractivity contribution in [3.05, 3.63) is 46.5 Å². The number of hydrogen-bond acceptors (Lipinski definition) is 4. The van der Waals surface area contributed by atoms with Gasteiger partial charge in [0.1, 0.15) is 11.5 Å². The Bertz CT molecular complexity index is 743. The maximum absolute atomic E-state index is 13.1. The van der Waals surface area contributed by atoms with Gasteiger partial charge in [-0.25, -0.2) is 14.4 Å². The van der Waals surface area contributed by atoms with Crippen molar-refractivity contribution in [2.24, 2.45) is 0 Å². The van der Waals surface area contributed by atoms with Gasteiger partial charge in [-0.05, 0) is 52.0 Å². The van der Waals surface area contributed by atoms with E-state index in [4.69, 9.17) is 11.6 Å². The maximum Gasteiger partial charge on any atom is 0.274 e. The van der Waals surface area contributed by atoms with Crippen molar-refractivity contribution in [1.29, 1.82) is 0 Å². The SMILES string of the molecule is Cc1cc(C(=O)Nc2ccc(F)c(Cl)c2)nc(NC(C)(C)C)n1. The van der Waals surface area contributed by atoms with Crippen molar-refractivity contribution in [2.75, 3.05) is 10.6 Å². The number of carbonyl (C=O) groups is 1. The number of hydrogen-bond donors (Lipinski definition) is 2. The molecule has 0 unspecified atom stereocenters. The van der Waals surface area contributed by atoms with Gasteiger partial charge in [0.2, 0.25) is 5.95 Å². The number of rotatable bonds is 3. The van der Waals surface area contributed by atoms with Gasteiger partial charge in [0, 0.05) is 16.9 Å². The lowest BCUT2D eigenvalue weighted by Gasteiger charge is -2.20. The normalized spacial score (nSPS) is 11.2. The van der Waals surface area contributed by atoms with Crippen LogP contribution in [0, 0.1) is 12.7 Å². The second kappa shape index (κ2) is 6.50. The average Bonchev–Trinajstić information content (AvgIpc) is 2.40. The molecule has 1 heterocycles. The molecule has 122 valence electrons. The number of nitrogens with zero attached hydrogens (tertiary/aromatic N) is 2. The molecule has 2 rings (SSSR count). The van der Waals surface area contributed by atoms with E-state index < -0.39 is 11.7 Å². The molecule has 1 amide bonds. The van der Waals surface area contributed by atoms with Crippen LogP contribution >= 0.6 is 11.6 Å². The highest BCUT2D eigenvalue weighted by Gasteiger charge is 2.15. The minimum Gasteiger partial charge on any atom is -0.350 e. The Morgan fingerprint density at radius 2 is 1.91 bits per heavy atom. The maximum atomic E-state index is 13.1. The van der Waals surface area contributed by atoms with Gasteiger partial charge in [0.15, 0.2) is 0 Å². The van der Waals surface area contributed by atoms with Crippen LogP contribution in [-0.2, 0) is 0 Å². The molecule has 1 aromatic heterocycles. The quantitative estimate of drug-likeness (QED) is 0.887. The zero-order valence-electron chi connectivity index (χ0n) is 13.4. The van der Waals surface area contributed by atoms with Crippen molar-refractivity contribution in [3.8, 4) is 0 Å². The van der Waals surface area contributed by atoms with Crippen LogP contribution in [-0.4, -0.2) is 21.4 Å². The lowest BCUT2D eigenvalue weighted by Crippen LogP contribution is -2.28. The van der Waals surface area contributed by atoms with E-state index in [1.807, 2.05) is 20.8 Å². The second-order valence-electron chi connectivity index (χ2n) is 6.18. The predicted molar refractivity (Wildman–Crippen MR) is 89.5 cm³/mol. The lowest BCUT2D eigenvalue weighted by molar-refractivity contribution is 0.102. The van der Waals surface area contributed by atoms with E-state index in [0.29, 0.717) is 17.3 Å². The molecule has 2 aromatic rings. The first-order valence-electron chi connectivity index (χ1n) is 7.04. The zero-order valence-corrected chi connectivity index (χ0v) is 14.1. The van der Waals surface area contributed by atoms with Crippen LogP contribution in [0.25, 0.3) is 0 Å². The monoisotopic (exact) mass is 336 g/mol. The number of benzene rings is 1. The Labute approximate surface area is 139 Å². The molecule has 0 bridgehead atoms. The summed E-state index contributed by atoms with van der Waals surface area (Å²) >= 11 is 5.70. The van der Waals surface area contributed by atoms with Gasteiger partial charge >= 0.3 is 0 Å². The molecule has 0 saturated heterocycles. The summed E-state index contributed by atoms with van der Waals surface area (Å²) in [7, 11) is 0. The van der Waals surface area contributed by atoms with E-state index in [1.54, 1.807) is 13.0 Å². The minimum atomic E-state index is -0.542. The predicted octanol–water partition coefficient (Wildman–Crippen LogP) is 4.04. The van der Waals surface area contributed by atoms with Gasteiger partial charge in [-0.15, -0.1) is 0 Å². The molecule has 0 spiro atoms. The van der Waals surface area contributed by atoms with E-state index in [9.17, 15) is 9.18 Å². The summed E-state index contributed by atoms with van der Waals surface area (Å²) in [5.74, 6) is -0.589. The molecule has 1 aromatic carbocycles.